The van der Waals surface area contributed by atoms with Crippen molar-refractivity contribution in [1.29, 1.82) is 0 Å². The van der Waals surface area contributed by atoms with Crippen LogP contribution in [0.3, 0.4) is 0 Å². The first-order chi connectivity index (χ1) is 36.2. The van der Waals surface area contributed by atoms with E-state index in [0.29, 0.717) is 26.4 Å². The fraction of sp³-hybridized carbons (Fsp3) is 0.323. The van der Waals surface area contributed by atoms with Crippen LogP contribution < -0.4 is 0 Å². The lowest BCUT2D eigenvalue weighted by molar-refractivity contribution is -0.360. The van der Waals surface area contributed by atoms with Crippen LogP contribution in [-0.4, -0.2) is 80.0 Å². The van der Waals surface area contributed by atoms with E-state index in [-0.39, 0.29) is 33.0 Å². The summed E-state index contributed by atoms with van der Waals surface area (Å²) in [7, 11) is 0. The van der Waals surface area contributed by atoms with Gasteiger partial charge in [0, 0.05) is 0 Å². The summed E-state index contributed by atoms with van der Waals surface area (Å²) in [5.41, 5.74) is 6.61. The third-order valence-corrected chi connectivity index (χ3v) is 13.8. The average Bonchev–Trinajstić information content (AvgIpc) is 3.45. The molecular formula is C62H66O10S. The first-order valence-electron chi connectivity index (χ1n) is 25.2. The minimum atomic E-state index is -1.05. The zero-order valence-electron chi connectivity index (χ0n) is 41.3. The number of ether oxygens (including phenoxy) is 10. The molecular weight excluding hydrogens is 937 g/mol. The van der Waals surface area contributed by atoms with E-state index in [9.17, 15) is 0 Å². The molecule has 7 aromatic rings. The molecule has 11 heteroatoms. The Balaban J connectivity index is 1.11. The van der Waals surface area contributed by atoms with Crippen molar-refractivity contribution in [1.82, 2.24) is 0 Å². The van der Waals surface area contributed by atoms with Crippen molar-refractivity contribution < 1.29 is 47.4 Å². The molecule has 2 aliphatic heterocycles. The van der Waals surface area contributed by atoms with Crippen molar-refractivity contribution in [3.05, 3.63) is 251 Å². The topological polar surface area (TPSA) is 92.3 Å². The van der Waals surface area contributed by atoms with Crippen LogP contribution in [0.25, 0.3) is 0 Å². The number of hydrogen-bond acceptors (Lipinski definition) is 11. The monoisotopic (exact) mass is 1000 g/mol. The fourth-order valence-corrected chi connectivity index (χ4v) is 9.90. The molecule has 10 nitrogen and oxygen atoms in total. The zero-order chi connectivity index (χ0) is 49.7. The molecule has 9 rings (SSSR count). The molecule has 0 aromatic heterocycles. The van der Waals surface area contributed by atoms with Gasteiger partial charge in [0.1, 0.15) is 54.3 Å². The van der Waals surface area contributed by atoms with Crippen LogP contribution in [0.4, 0.5) is 0 Å². The molecule has 0 N–H and O–H groups in total. The predicted molar refractivity (Wildman–Crippen MR) is 283 cm³/mol. The standard InChI is InChI=1S/C62H66O10S/c1-73-62-60(69-43-52-35-21-8-22-36-52)58(56(66-40-49-29-15-5-16-30-49)54(71-62)45-64-38-47-25-11-3-12-26-47)72-61-59(68-42-51-33-19-7-20-34-51)57(67-41-50-31-17-6-18-32-50)55(65-39-48-27-13-4-14-28-48)53(70-61)44-63-37-46-23-9-2-10-24-46/h2-36,53-62H,37-45H2,1H3/t53-,54-,55-,56-,57+,58+,59-,60-,61-,62+/m1/s1. The molecule has 7 aromatic carbocycles. The summed E-state index contributed by atoms with van der Waals surface area (Å²) in [4.78, 5) is 0. The number of benzene rings is 7. The smallest absolute Gasteiger partial charge is 0.187 e. The molecule has 0 bridgehead atoms. The average molecular weight is 1000 g/mol. The molecule has 2 aliphatic rings. The first kappa shape index (κ1) is 52.4. The van der Waals surface area contributed by atoms with Crippen LogP contribution in [0.15, 0.2) is 212 Å². The fourth-order valence-electron chi connectivity index (χ4n) is 9.15. The number of rotatable bonds is 26. The highest BCUT2D eigenvalue weighted by molar-refractivity contribution is 7.99. The van der Waals surface area contributed by atoms with E-state index in [0.717, 1.165) is 38.9 Å². The molecule has 380 valence electrons. The summed E-state index contributed by atoms with van der Waals surface area (Å²) < 4.78 is 70.3. The molecule has 0 aliphatic carbocycles. The lowest BCUT2D eigenvalue weighted by atomic mass is 9.96. The quantitative estimate of drug-likeness (QED) is 0.0519. The van der Waals surface area contributed by atoms with Crippen LogP contribution in [-0.2, 0) is 93.6 Å². The highest BCUT2D eigenvalue weighted by Crippen LogP contribution is 2.38. The Kier molecular flexibility index (Phi) is 20.3. The van der Waals surface area contributed by atoms with Crippen molar-refractivity contribution in [3.63, 3.8) is 0 Å². The summed E-state index contributed by atoms with van der Waals surface area (Å²) >= 11 is 1.56. The molecule has 0 unspecified atom stereocenters. The third-order valence-electron chi connectivity index (χ3n) is 12.9. The summed E-state index contributed by atoms with van der Waals surface area (Å²) in [6.45, 7) is 2.58. The van der Waals surface area contributed by atoms with E-state index in [1.54, 1.807) is 11.8 Å². The Labute approximate surface area is 434 Å². The zero-order valence-corrected chi connectivity index (χ0v) is 42.2. The Bertz CT molecular complexity index is 2570. The summed E-state index contributed by atoms with van der Waals surface area (Å²) in [6, 6.07) is 70.9. The maximum atomic E-state index is 7.61. The Morgan fingerprint density at radius 3 is 0.959 bits per heavy atom. The van der Waals surface area contributed by atoms with Gasteiger partial charge in [0.25, 0.3) is 0 Å². The van der Waals surface area contributed by atoms with Crippen LogP contribution >= 0.6 is 11.8 Å². The Morgan fingerprint density at radius 2 is 0.603 bits per heavy atom. The summed E-state index contributed by atoms with van der Waals surface area (Å²) in [5.74, 6) is 0. The van der Waals surface area contributed by atoms with E-state index < -0.39 is 60.6 Å². The molecule has 0 radical (unpaired) electrons. The van der Waals surface area contributed by atoms with Crippen LogP contribution in [0, 0.1) is 0 Å². The van der Waals surface area contributed by atoms with Gasteiger partial charge in [-0.1, -0.05) is 212 Å². The van der Waals surface area contributed by atoms with Gasteiger partial charge < -0.3 is 47.4 Å². The number of hydrogen-bond donors (Lipinski definition) is 0. The second-order valence-corrected chi connectivity index (χ2v) is 19.2. The van der Waals surface area contributed by atoms with Gasteiger partial charge in [0.05, 0.1) is 59.5 Å². The molecule has 0 amide bonds. The Hall–Kier alpha value is -5.51. The maximum absolute atomic E-state index is 7.61. The maximum Gasteiger partial charge on any atom is 0.187 e. The van der Waals surface area contributed by atoms with E-state index >= 15 is 0 Å². The SMILES string of the molecule is CS[C@@H]1O[C@H](COCc2ccccc2)[C@@H](OCc2ccccc2)[C@H](O[C@H]2O[C@H](COCc3ccccc3)[C@@H](OCc3ccccc3)[C@H](OCc3ccccc3)[C@H]2OCc2ccccc2)[C@H]1OCc1ccccc1. The van der Waals surface area contributed by atoms with Gasteiger partial charge in [-0.3, -0.25) is 0 Å². The van der Waals surface area contributed by atoms with Crippen molar-refractivity contribution in [2.45, 2.75) is 107 Å². The van der Waals surface area contributed by atoms with Crippen LogP contribution in [0.1, 0.15) is 38.9 Å². The molecule has 73 heavy (non-hydrogen) atoms. The van der Waals surface area contributed by atoms with E-state index in [4.69, 9.17) is 47.4 Å². The van der Waals surface area contributed by atoms with Gasteiger partial charge in [0.15, 0.2) is 6.29 Å². The lowest BCUT2D eigenvalue weighted by Gasteiger charge is -2.50. The third kappa shape index (κ3) is 15.5. The second-order valence-electron chi connectivity index (χ2n) is 18.2. The van der Waals surface area contributed by atoms with Crippen molar-refractivity contribution in [2.75, 3.05) is 19.5 Å². The lowest BCUT2D eigenvalue weighted by Crippen LogP contribution is -2.66. The number of thioether (sulfide) groups is 1. The molecule has 2 fully saturated rings. The molecule has 2 saturated heterocycles. The highest BCUT2D eigenvalue weighted by Gasteiger charge is 2.54. The normalized spacial score (nSPS) is 24.0. The van der Waals surface area contributed by atoms with Crippen molar-refractivity contribution >= 4 is 11.8 Å². The predicted octanol–water partition coefficient (Wildman–Crippen LogP) is 11.5. The van der Waals surface area contributed by atoms with Gasteiger partial charge in [-0.15, -0.1) is 11.8 Å². The summed E-state index contributed by atoms with van der Waals surface area (Å²) in [6.07, 6.45) is -4.62. The van der Waals surface area contributed by atoms with Gasteiger partial charge >= 0.3 is 0 Å². The van der Waals surface area contributed by atoms with E-state index in [1.807, 2.05) is 146 Å². The van der Waals surface area contributed by atoms with Crippen LogP contribution in [0.2, 0.25) is 0 Å². The second kappa shape index (κ2) is 28.2. The van der Waals surface area contributed by atoms with Crippen LogP contribution in [0.5, 0.6) is 0 Å². The first-order valence-corrected chi connectivity index (χ1v) is 26.5. The highest BCUT2D eigenvalue weighted by atomic mass is 32.2. The molecule has 2 heterocycles. The minimum absolute atomic E-state index is 0.170. The van der Waals surface area contributed by atoms with Gasteiger partial charge in [-0.05, 0) is 45.2 Å². The van der Waals surface area contributed by atoms with Gasteiger partial charge in [-0.2, -0.15) is 0 Å². The molecule has 0 spiro atoms. The van der Waals surface area contributed by atoms with E-state index in [2.05, 4.69) is 72.8 Å². The Morgan fingerprint density at radius 1 is 0.315 bits per heavy atom. The van der Waals surface area contributed by atoms with Gasteiger partial charge in [-0.25, -0.2) is 0 Å². The largest absolute Gasteiger partial charge is 0.374 e. The minimum Gasteiger partial charge on any atom is -0.374 e. The van der Waals surface area contributed by atoms with Crippen molar-refractivity contribution in [2.24, 2.45) is 0 Å². The van der Waals surface area contributed by atoms with E-state index in [1.165, 1.54) is 0 Å². The summed E-state index contributed by atoms with van der Waals surface area (Å²) in [5, 5.41) is 0. The van der Waals surface area contributed by atoms with Gasteiger partial charge in [0.2, 0.25) is 0 Å². The van der Waals surface area contributed by atoms with Crippen molar-refractivity contribution in [3.8, 4) is 0 Å². The molecule has 0 saturated carbocycles. The molecule has 10 atom stereocenters.